The van der Waals surface area contributed by atoms with Gasteiger partial charge in [-0.15, -0.1) is 0 Å². The normalized spacial score (nSPS) is 13.2. The summed E-state index contributed by atoms with van der Waals surface area (Å²) in [4.78, 5) is 21.5. The number of nitrogens with one attached hydrogen (secondary N) is 2. The lowest BCUT2D eigenvalue weighted by atomic mass is 9.87. The summed E-state index contributed by atoms with van der Waals surface area (Å²) in [5.41, 5.74) is 3.59. The maximum absolute atomic E-state index is 11.3. The molecule has 16 heavy (non-hydrogen) atoms. The van der Waals surface area contributed by atoms with Gasteiger partial charge in [-0.05, 0) is 0 Å². The molecule has 1 amide bonds. The van der Waals surface area contributed by atoms with Crippen molar-refractivity contribution >= 4 is 11.9 Å². The molecule has 0 radical (unpaired) electrons. The number of carbonyl (C=O) groups excluding carboxylic acids is 1. The second-order valence-corrected chi connectivity index (χ2v) is 4.11. The summed E-state index contributed by atoms with van der Waals surface area (Å²) in [5, 5.41) is 26.8. The van der Waals surface area contributed by atoms with Crippen LogP contribution in [0.1, 0.15) is 20.3 Å². The molecule has 94 valence electrons. The molecule has 7 heteroatoms. The van der Waals surface area contributed by atoms with Gasteiger partial charge in [-0.3, -0.25) is 15.0 Å². The van der Waals surface area contributed by atoms with Gasteiger partial charge < -0.3 is 15.3 Å². The van der Waals surface area contributed by atoms with Crippen molar-refractivity contribution in [2.75, 3.05) is 13.2 Å². The van der Waals surface area contributed by atoms with Crippen LogP contribution in [-0.2, 0) is 9.59 Å². The first-order chi connectivity index (χ1) is 7.31. The number of hydrogen-bond donors (Lipinski definition) is 5. The summed E-state index contributed by atoms with van der Waals surface area (Å²) in [7, 11) is 0. The third kappa shape index (κ3) is 5.06. The molecular weight excluding hydrogens is 216 g/mol. The molecule has 0 spiro atoms. The predicted octanol–water partition coefficient (Wildman–Crippen LogP) is -1.54. The Morgan fingerprint density at radius 1 is 1.38 bits per heavy atom. The Hall–Kier alpha value is -1.18. The highest BCUT2D eigenvalue weighted by Crippen LogP contribution is 2.19. The summed E-state index contributed by atoms with van der Waals surface area (Å²) in [6.45, 7) is 2.80. The first-order valence-electron chi connectivity index (χ1n) is 4.84. The first-order valence-corrected chi connectivity index (χ1v) is 4.84. The highest BCUT2D eigenvalue weighted by Gasteiger charge is 2.32. The van der Waals surface area contributed by atoms with Gasteiger partial charge in [-0.25, -0.2) is 5.43 Å². The van der Waals surface area contributed by atoms with E-state index in [4.69, 9.17) is 10.2 Å². The molecule has 0 saturated carbocycles. The van der Waals surface area contributed by atoms with E-state index in [0.717, 1.165) is 0 Å². The third-order valence-electron chi connectivity index (χ3n) is 2.07. The number of aliphatic carboxylic acids is 1. The average molecular weight is 234 g/mol. The van der Waals surface area contributed by atoms with Crippen molar-refractivity contribution in [1.82, 2.24) is 10.9 Å². The van der Waals surface area contributed by atoms with Gasteiger partial charge in [0.2, 0.25) is 0 Å². The topological polar surface area (TPSA) is 119 Å². The van der Waals surface area contributed by atoms with Crippen molar-refractivity contribution < 1.29 is 24.9 Å². The van der Waals surface area contributed by atoms with Gasteiger partial charge in [-0.2, -0.15) is 0 Å². The second-order valence-electron chi connectivity index (χ2n) is 4.11. The van der Waals surface area contributed by atoms with Crippen molar-refractivity contribution in [1.29, 1.82) is 0 Å². The van der Waals surface area contributed by atoms with Crippen molar-refractivity contribution in [3.8, 4) is 0 Å². The molecule has 0 rings (SSSR count). The number of hydrogen-bond acceptors (Lipinski definition) is 5. The molecule has 1 atom stereocenters. The maximum Gasteiger partial charge on any atom is 0.304 e. The van der Waals surface area contributed by atoms with E-state index in [1.807, 2.05) is 0 Å². The molecule has 5 N–H and O–H groups in total. The number of aliphatic hydroxyl groups excluding tert-OH is 2. The van der Waals surface area contributed by atoms with Crippen LogP contribution in [-0.4, -0.2) is 46.5 Å². The van der Waals surface area contributed by atoms with Crippen LogP contribution >= 0.6 is 0 Å². The zero-order chi connectivity index (χ0) is 12.8. The number of hydrazine groups is 1. The number of carboxylic acid groups (broad SMARTS) is 1. The van der Waals surface area contributed by atoms with Gasteiger partial charge in [-0.1, -0.05) is 13.8 Å². The van der Waals surface area contributed by atoms with Gasteiger partial charge in [0.25, 0.3) is 5.91 Å². The number of carboxylic acids is 1. The Morgan fingerprint density at radius 2 is 1.94 bits per heavy atom. The molecule has 0 aliphatic rings. The van der Waals surface area contributed by atoms with E-state index in [0.29, 0.717) is 0 Å². The van der Waals surface area contributed by atoms with E-state index in [1.54, 1.807) is 0 Å². The Morgan fingerprint density at radius 3 is 2.38 bits per heavy atom. The molecule has 1 unspecified atom stereocenters. The number of rotatable bonds is 7. The van der Waals surface area contributed by atoms with Crippen LogP contribution in [0.4, 0.5) is 0 Å². The Labute approximate surface area is 93.4 Å². The Kier molecular flexibility index (Phi) is 5.94. The largest absolute Gasteiger partial charge is 0.481 e. The molecular formula is C9H18N2O5. The maximum atomic E-state index is 11.3. The molecule has 0 bridgehead atoms. The van der Waals surface area contributed by atoms with E-state index < -0.39 is 23.4 Å². The van der Waals surface area contributed by atoms with Crippen molar-refractivity contribution in [3.05, 3.63) is 0 Å². The minimum atomic E-state index is -1.37. The first kappa shape index (κ1) is 14.8. The summed E-state index contributed by atoms with van der Waals surface area (Å²) < 4.78 is 0. The zero-order valence-corrected chi connectivity index (χ0v) is 9.36. The standard InChI is InChI=1S/C9H18N2O5/c1-9(2,5-12)7(15)8(16)11-10-4-3-6(13)14/h7,10,12,15H,3-5H2,1-2H3,(H,11,16)(H,13,14). The molecule has 0 aromatic heterocycles. The molecule has 0 aliphatic carbocycles. The summed E-state index contributed by atoms with van der Waals surface area (Å²) in [6, 6.07) is 0. The van der Waals surface area contributed by atoms with Crippen LogP contribution in [0.15, 0.2) is 0 Å². The van der Waals surface area contributed by atoms with Gasteiger partial charge in [0.15, 0.2) is 0 Å². The van der Waals surface area contributed by atoms with Gasteiger partial charge in [0.1, 0.15) is 6.10 Å². The smallest absolute Gasteiger partial charge is 0.304 e. The molecule has 7 nitrogen and oxygen atoms in total. The van der Waals surface area contributed by atoms with Gasteiger partial charge in [0, 0.05) is 12.0 Å². The van der Waals surface area contributed by atoms with Crippen molar-refractivity contribution in [3.63, 3.8) is 0 Å². The molecule has 0 aliphatic heterocycles. The quantitative estimate of drug-likeness (QED) is 0.269. The summed E-state index contributed by atoms with van der Waals surface area (Å²) >= 11 is 0. The summed E-state index contributed by atoms with van der Waals surface area (Å²) in [6.07, 6.45) is -1.51. The molecule has 0 saturated heterocycles. The third-order valence-corrected chi connectivity index (χ3v) is 2.07. The van der Waals surface area contributed by atoms with E-state index in [9.17, 15) is 14.7 Å². The van der Waals surface area contributed by atoms with Crippen LogP contribution in [0.5, 0.6) is 0 Å². The predicted molar refractivity (Wildman–Crippen MR) is 55.3 cm³/mol. The van der Waals surface area contributed by atoms with Crippen molar-refractivity contribution in [2.45, 2.75) is 26.4 Å². The van der Waals surface area contributed by atoms with Crippen molar-refractivity contribution in [2.24, 2.45) is 5.41 Å². The molecule has 0 fully saturated rings. The fourth-order valence-corrected chi connectivity index (χ4v) is 0.829. The van der Waals surface area contributed by atoms with Crippen LogP contribution in [0.2, 0.25) is 0 Å². The fraction of sp³-hybridized carbons (Fsp3) is 0.778. The van der Waals surface area contributed by atoms with Crippen LogP contribution < -0.4 is 10.9 Å². The zero-order valence-electron chi connectivity index (χ0n) is 9.36. The highest BCUT2D eigenvalue weighted by molar-refractivity contribution is 5.80. The van der Waals surface area contributed by atoms with Gasteiger partial charge in [0.05, 0.1) is 13.0 Å². The summed E-state index contributed by atoms with van der Waals surface area (Å²) in [5.74, 6) is -1.69. The molecule has 0 heterocycles. The van der Waals surface area contributed by atoms with E-state index >= 15 is 0 Å². The monoisotopic (exact) mass is 234 g/mol. The lowest BCUT2D eigenvalue weighted by Gasteiger charge is -2.27. The van der Waals surface area contributed by atoms with Gasteiger partial charge >= 0.3 is 5.97 Å². The fourth-order valence-electron chi connectivity index (χ4n) is 0.829. The number of carbonyl (C=O) groups is 2. The SMILES string of the molecule is CC(C)(CO)C(O)C(=O)NNCCC(=O)O. The van der Waals surface area contributed by atoms with Crippen LogP contribution in [0.3, 0.4) is 0 Å². The van der Waals surface area contributed by atoms with Crippen LogP contribution in [0.25, 0.3) is 0 Å². The van der Waals surface area contributed by atoms with Crippen LogP contribution in [0, 0.1) is 5.41 Å². The Balaban J connectivity index is 3.93. The number of aliphatic hydroxyl groups is 2. The Bertz CT molecular complexity index is 254. The average Bonchev–Trinajstić information content (AvgIpc) is 2.22. The lowest BCUT2D eigenvalue weighted by molar-refractivity contribution is -0.139. The molecule has 0 aromatic carbocycles. The van der Waals surface area contributed by atoms with E-state index in [-0.39, 0.29) is 19.6 Å². The minimum absolute atomic E-state index is 0.0628. The second kappa shape index (κ2) is 6.41. The van der Waals surface area contributed by atoms with E-state index in [2.05, 4.69) is 10.9 Å². The minimum Gasteiger partial charge on any atom is -0.481 e. The lowest BCUT2D eigenvalue weighted by Crippen LogP contribution is -2.50. The number of amides is 1. The highest BCUT2D eigenvalue weighted by atomic mass is 16.4. The van der Waals surface area contributed by atoms with E-state index in [1.165, 1.54) is 13.8 Å². The molecule has 0 aromatic rings.